The number of aromatic amines is 2. The van der Waals surface area contributed by atoms with E-state index in [0.29, 0.717) is 11.3 Å². The Hall–Kier alpha value is -4.06. The molecule has 2 atom stereocenters. The summed E-state index contributed by atoms with van der Waals surface area (Å²) in [6, 6.07) is 8.11. The van der Waals surface area contributed by atoms with E-state index < -0.39 is 17.1 Å². The van der Waals surface area contributed by atoms with Gasteiger partial charge in [0.1, 0.15) is 5.82 Å². The lowest BCUT2D eigenvalue weighted by molar-refractivity contribution is 0.625. The molecular formula is C20H13FN6O2. The number of H-pyrrole nitrogens is 2. The van der Waals surface area contributed by atoms with Gasteiger partial charge >= 0.3 is 5.69 Å². The molecule has 3 heterocycles. The molecule has 1 aliphatic rings. The first-order valence-corrected chi connectivity index (χ1v) is 8.91. The number of halogens is 1. The number of fused-ring (bicyclic) bond motifs is 1. The molecule has 29 heavy (non-hydrogen) atoms. The summed E-state index contributed by atoms with van der Waals surface area (Å²) in [5, 5.41) is 13.5. The van der Waals surface area contributed by atoms with Crippen molar-refractivity contribution >= 4 is 5.65 Å². The Morgan fingerprint density at radius 1 is 1.21 bits per heavy atom. The van der Waals surface area contributed by atoms with E-state index in [4.69, 9.17) is 5.26 Å². The van der Waals surface area contributed by atoms with Crippen LogP contribution in [-0.2, 0) is 0 Å². The van der Waals surface area contributed by atoms with E-state index in [0.717, 1.165) is 17.5 Å². The van der Waals surface area contributed by atoms with Gasteiger partial charge in [-0.25, -0.2) is 18.7 Å². The van der Waals surface area contributed by atoms with Gasteiger partial charge in [0.2, 0.25) is 0 Å². The Kier molecular flexibility index (Phi) is 3.67. The topological polar surface area (TPSA) is 120 Å². The molecule has 1 aliphatic carbocycles. The molecule has 9 heteroatoms. The SMILES string of the molecule is N#Cc1cc(F)cc(C2C[C@H]2c2cc(-c3c[nH]c(=O)[nH]c3=O)nn3ccnc23)c1. The summed E-state index contributed by atoms with van der Waals surface area (Å²) in [5.74, 6) is -0.343. The fourth-order valence-corrected chi connectivity index (χ4v) is 3.74. The van der Waals surface area contributed by atoms with Crippen LogP contribution in [0.5, 0.6) is 0 Å². The molecule has 0 radical (unpaired) electrons. The zero-order chi connectivity index (χ0) is 20.1. The number of nitrogens with zero attached hydrogens (tertiary/aromatic N) is 4. The van der Waals surface area contributed by atoms with Crippen molar-refractivity contribution < 1.29 is 4.39 Å². The van der Waals surface area contributed by atoms with E-state index in [9.17, 15) is 14.0 Å². The molecule has 5 rings (SSSR count). The minimum atomic E-state index is -0.593. The summed E-state index contributed by atoms with van der Waals surface area (Å²) in [6.07, 6.45) is 5.38. The van der Waals surface area contributed by atoms with E-state index in [1.54, 1.807) is 29.0 Å². The smallest absolute Gasteiger partial charge is 0.313 e. The second-order valence-electron chi connectivity index (χ2n) is 7.00. The molecule has 1 fully saturated rings. The molecule has 0 amide bonds. The second kappa shape index (κ2) is 6.24. The number of aromatic nitrogens is 5. The molecule has 1 unspecified atom stereocenters. The molecule has 0 saturated heterocycles. The minimum Gasteiger partial charge on any atom is -0.313 e. The van der Waals surface area contributed by atoms with Crippen molar-refractivity contribution in [3.8, 4) is 17.3 Å². The summed E-state index contributed by atoms with van der Waals surface area (Å²) < 4.78 is 15.4. The van der Waals surface area contributed by atoms with Crippen LogP contribution in [0.3, 0.4) is 0 Å². The minimum absolute atomic E-state index is 0.0439. The summed E-state index contributed by atoms with van der Waals surface area (Å²) in [4.78, 5) is 32.5. The van der Waals surface area contributed by atoms with E-state index in [-0.39, 0.29) is 23.0 Å². The third kappa shape index (κ3) is 2.91. The van der Waals surface area contributed by atoms with Crippen molar-refractivity contribution in [1.29, 1.82) is 5.26 Å². The maximum atomic E-state index is 13.9. The highest BCUT2D eigenvalue weighted by Crippen LogP contribution is 2.55. The van der Waals surface area contributed by atoms with Crippen LogP contribution in [0, 0.1) is 17.1 Å². The van der Waals surface area contributed by atoms with Gasteiger partial charge in [-0.15, -0.1) is 0 Å². The third-order valence-electron chi connectivity index (χ3n) is 5.15. The Bertz CT molecular complexity index is 1430. The molecule has 0 bridgehead atoms. The molecule has 4 aromatic rings. The van der Waals surface area contributed by atoms with Gasteiger partial charge in [-0.1, -0.05) is 0 Å². The highest BCUT2D eigenvalue weighted by Gasteiger charge is 2.41. The number of nitriles is 1. The molecule has 8 nitrogen and oxygen atoms in total. The Morgan fingerprint density at radius 3 is 2.86 bits per heavy atom. The number of imidazole rings is 1. The normalized spacial score (nSPS) is 17.9. The van der Waals surface area contributed by atoms with Gasteiger partial charge in [0, 0.05) is 24.2 Å². The Balaban J connectivity index is 1.60. The maximum Gasteiger partial charge on any atom is 0.325 e. The summed E-state index contributed by atoms with van der Waals surface area (Å²) in [5.41, 5.74) is 2.06. The van der Waals surface area contributed by atoms with Crippen LogP contribution in [-0.4, -0.2) is 24.6 Å². The first kappa shape index (κ1) is 17.1. The van der Waals surface area contributed by atoms with Gasteiger partial charge in [0.05, 0.1) is 22.9 Å². The number of rotatable bonds is 3. The molecule has 2 N–H and O–H groups in total. The lowest BCUT2D eigenvalue weighted by atomic mass is 10.0. The maximum absolute atomic E-state index is 13.9. The van der Waals surface area contributed by atoms with Crippen molar-refractivity contribution in [2.24, 2.45) is 0 Å². The van der Waals surface area contributed by atoms with E-state index in [1.807, 2.05) is 6.07 Å². The first-order valence-electron chi connectivity index (χ1n) is 8.91. The number of hydrogen-bond acceptors (Lipinski definition) is 5. The fourth-order valence-electron chi connectivity index (χ4n) is 3.74. The van der Waals surface area contributed by atoms with Crippen LogP contribution in [0.1, 0.15) is 34.9 Å². The van der Waals surface area contributed by atoms with Crippen molar-refractivity contribution in [2.75, 3.05) is 0 Å². The summed E-state index contributed by atoms with van der Waals surface area (Å²) in [7, 11) is 0. The van der Waals surface area contributed by atoms with Gasteiger partial charge in [-0.05, 0) is 48.1 Å². The van der Waals surface area contributed by atoms with Gasteiger partial charge in [0.15, 0.2) is 5.65 Å². The number of nitrogens with one attached hydrogen (secondary N) is 2. The van der Waals surface area contributed by atoms with Crippen molar-refractivity contribution in [3.05, 3.63) is 86.2 Å². The van der Waals surface area contributed by atoms with Gasteiger partial charge in [0.25, 0.3) is 5.56 Å². The third-order valence-corrected chi connectivity index (χ3v) is 5.15. The second-order valence-corrected chi connectivity index (χ2v) is 7.00. The monoisotopic (exact) mass is 388 g/mol. The quantitative estimate of drug-likeness (QED) is 0.557. The highest BCUT2D eigenvalue weighted by molar-refractivity contribution is 5.63. The van der Waals surface area contributed by atoms with E-state index in [2.05, 4.69) is 20.1 Å². The largest absolute Gasteiger partial charge is 0.325 e. The van der Waals surface area contributed by atoms with E-state index in [1.165, 1.54) is 18.3 Å². The van der Waals surface area contributed by atoms with Crippen molar-refractivity contribution in [1.82, 2.24) is 24.6 Å². The first-order chi connectivity index (χ1) is 14.0. The fraction of sp³-hybridized carbons (Fsp3) is 0.150. The summed E-state index contributed by atoms with van der Waals surface area (Å²) >= 11 is 0. The zero-order valence-electron chi connectivity index (χ0n) is 14.9. The average Bonchev–Trinajstić information content (AvgIpc) is 3.35. The molecule has 0 spiro atoms. The highest BCUT2D eigenvalue weighted by atomic mass is 19.1. The van der Waals surface area contributed by atoms with Crippen molar-refractivity contribution in [2.45, 2.75) is 18.3 Å². The Morgan fingerprint density at radius 2 is 2.07 bits per heavy atom. The van der Waals surface area contributed by atoms with Crippen LogP contribution in [0.25, 0.3) is 16.9 Å². The predicted octanol–water partition coefficient (Wildman–Crippen LogP) is 2.05. The van der Waals surface area contributed by atoms with Crippen LogP contribution in [0.2, 0.25) is 0 Å². The number of hydrogen-bond donors (Lipinski definition) is 2. The predicted molar refractivity (Wildman–Crippen MR) is 101 cm³/mol. The number of benzene rings is 1. The van der Waals surface area contributed by atoms with Gasteiger partial charge in [-0.2, -0.15) is 10.4 Å². The molecule has 1 aromatic carbocycles. The van der Waals surface area contributed by atoms with Crippen LogP contribution in [0.4, 0.5) is 4.39 Å². The molecule has 1 saturated carbocycles. The standard InChI is InChI=1S/C20H13FN6O2/c21-12-4-10(8-22)3-11(5-12)13-6-14(13)15-7-17(26-27-2-1-23-18(15)27)16-9-24-20(29)25-19(16)28/h1-5,7,9,13-14H,6H2,(H2,24,25,28,29)/t13?,14-/m1/s1. The van der Waals surface area contributed by atoms with Crippen LogP contribution in [0.15, 0.2) is 52.4 Å². The van der Waals surface area contributed by atoms with Crippen molar-refractivity contribution in [3.63, 3.8) is 0 Å². The Labute approximate surface area is 162 Å². The lowest BCUT2D eigenvalue weighted by Gasteiger charge is -2.07. The summed E-state index contributed by atoms with van der Waals surface area (Å²) in [6.45, 7) is 0. The van der Waals surface area contributed by atoms with Crippen LogP contribution >= 0.6 is 0 Å². The molecule has 0 aliphatic heterocycles. The molecule has 3 aromatic heterocycles. The average molecular weight is 388 g/mol. The molecule has 142 valence electrons. The molecular weight excluding hydrogens is 375 g/mol. The van der Waals surface area contributed by atoms with E-state index >= 15 is 0 Å². The van der Waals surface area contributed by atoms with Gasteiger partial charge < -0.3 is 4.98 Å². The lowest BCUT2D eigenvalue weighted by Crippen LogP contribution is -2.23. The van der Waals surface area contributed by atoms with Crippen LogP contribution < -0.4 is 11.2 Å². The van der Waals surface area contributed by atoms with Gasteiger partial charge in [-0.3, -0.25) is 9.78 Å². The zero-order valence-corrected chi connectivity index (χ0v) is 14.9.